The molecule has 0 radical (unpaired) electrons. The van der Waals surface area contributed by atoms with Gasteiger partial charge in [-0.05, 0) is 84.9 Å². The van der Waals surface area contributed by atoms with Gasteiger partial charge in [0, 0.05) is 6.54 Å². The molecular formula is C31H53N3O2S. The van der Waals surface area contributed by atoms with Gasteiger partial charge < -0.3 is 25.4 Å². The first-order valence-electron chi connectivity index (χ1n) is 13.5. The van der Waals surface area contributed by atoms with Crippen LogP contribution < -0.4 is 20.5 Å². The van der Waals surface area contributed by atoms with Gasteiger partial charge in [-0.15, -0.1) is 0 Å². The highest BCUT2D eigenvalue weighted by Gasteiger charge is 2.16. The van der Waals surface area contributed by atoms with Crippen molar-refractivity contribution in [2.24, 2.45) is 17.1 Å². The zero-order valence-corrected chi connectivity index (χ0v) is 26.1. The molecule has 5 nitrogen and oxygen atoms in total. The van der Waals surface area contributed by atoms with Gasteiger partial charge >= 0.3 is 0 Å². The van der Waals surface area contributed by atoms with Crippen molar-refractivity contribution in [2.75, 3.05) is 27.2 Å². The van der Waals surface area contributed by atoms with E-state index in [0.717, 1.165) is 42.6 Å². The number of methoxy groups -OCH3 is 1. The Kier molecular flexibility index (Phi) is 16.4. The number of likely N-dealkylation sites (N-methyl/N-ethyl adjacent to an activating group) is 1. The van der Waals surface area contributed by atoms with Crippen LogP contribution in [0.4, 0.5) is 0 Å². The Morgan fingerprint density at radius 2 is 1.81 bits per heavy atom. The summed E-state index contributed by atoms with van der Waals surface area (Å²) in [5.41, 5.74) is 10.8. The molecule has 0 saturated carbocycles. The molecule has 0 aliphatic heterocycles. The summed E-state index contributed by atoms with van der Waals surface area (Å²) in [6.45, 7) is 25.2. The highest BCUT2D eigenvalue weighted by atomic mass is 32.1. The molecule has 37 heavy (non-hydrogen) atoms. The minimum absolute atomic E-state index is 0.0134. The van der Waals surface area contributed by atoms with E-state index in [4.69, 9.17) is 27.4 Å². The molecule has 3 N–H and O–H groups in total. The summed E-state index contributed by atoms with van der Waals surface area (Å²) < 4.78 is 11.6. The molecule has 0 spiro atoms. The number of ether oxygens (including phenoxy) is 2. The van der Waals surface area contributed by atoms with Crippen LogP contribution in [0.2, 0.25) is 0 Å². The van der Waals surface area contributed by atoms with E-state index in [0.29, 0.717) is 17.4 Å². The molecule has 1 aromatic carbocycles. The zero-order chi connectivity index (χ0) is 28.8. The van der Waals surface area contributed by atoms with Gasteiger partial charge in [-0.25, -0.2) is 0 Å². The van der Waals surface area contributed by atoms with Crippen molar-refractivity contribution in [1.82, 2.24) is 10.2 Å². The minimum Gasteiger partial charge on any atom is -0.493 e. The maximum Gasteiger partial charge on any atom is 0.263 e. The highest BCUT2D eigenvalue weighted by Crippen LogP contribution is 2.31. The number of benzene rings is 1. The number of aryl methyl sites for hydroxylation is 1. The second-order valence-corrected chi connectivity index (χ2v) is 10.6. The average molecular weight is 532 g/mol. The lowest BCUT2D eigenvalue weighted by Gasteiger charge is -2.22. The topological polar surface area (TPSA) is 59.8 Å². The molecule has 0 aliphatic carbocycles. The summed E-state index contributed by atoms with van der Waals surface area (Å²) >= 11 is 5.51. The molecule has 6 heteroatoms. The first-order valence-corrected chi connectivity index (χ1v) is 13.9. The first kappa shape index (κ1) is 34.9. The number of thiocarbonyl (C=S) groups is 1. The lowest BCUT2D eigenvalue weighted by atomic mass is 9.87. The van der Waals surface area contributed by atoms with Gasteiger partial charge in [0.1, 0.15) is 6.17 Å². The Balaban J connectivity index is 0.00000631. The molecule has 0 heterocycles. The second-order valence-electron chi connectivity index (χ2n) is 10.2. The fourth-order valence-corrected chi connectivity index (χ4v) is 3.39. The van der Waals surface area contributed by atoms with Crippen LogP contribution >= 0.6 is 12.2 Å². The molecule has 0 aromatic heterocycles. The quantitative estimate of drug-likeness (QED) is 0.169. The van der Waals surface area contributed by atoms with Gasteiger partial charge in [-0.3, -0.25) is 0 Å². The summed E-state index contributed by atoms with van der Waals surface area (Å²) in [6, 6.07) is 4.01. The van der Waals surface area contributed by atoms with Gasteiger partial charge in [0.05, 0.1) is 7.11 Å². The van der Waals surface area contributed by atoms with E-state index in [1.165, 1.54) is 5.56 Å². The third-order valence-corrected chi connectivity index (χ3v) is 6.52. The predicted octanol–water partition coefficient (Wildman–Crippen LogP) is 7.19. The highest BCUT2D eigenvalue weighted by molar-refractivity contribution is 7.80. The molecule has 1 aromatic rings. The van der Waals surface area contributed by atoms with Crippen molar-refractivity contribution in [2.45, 2.75) is 81.3 Å². The van der Waals surface area contributed by atoms with E-state index < -0.39 is 6.17 Å². The fourth-order valence-electron chi connectivity index (χ4n) is 3.18. The van der Waals surface area contributed by atoms with Crippen LogP contribution in [0.3, 0.4) is 0 Å². The summed E-state index contributed by atoms with van der Waals surface area (Å²) in [5, 5.41) is 3.33. The Labute approximate surface area is 233 Å². The molecule has 0 aliphatic rings. The smallest absolute Gasteiger partial charge is 0.263 e. The van der Waals surface area contributed by atoms with Crippen LogP contribution in [-0.4, -0.2) is 43.5 Å². The van der Waals surface area contributed by atoms with Crippen molar-refractivity contribution in [3.8, 4) is 11.5 Å². The minimum atomic E-state index is -0.517. The average Bonchev–Trinajstić information content (AvgIpc) is 2.85. The molecule has 210 valence electrons. The molecule has 0 saturated heterocycles. The molecule has 1 rings (SSSR count). The third-order valence-electron chi connectivity index (χ3n) is 6.32. The molecule has 2 unspecified atom stereocenters. The van der Waals surface area contributed by atoms with Crippen LogP contribution in [0, 0.1) is 18.3 Å². The van der Waals surface area contributed by atoms with Crippen molar-refractivity contribution in [3.05, 3.63) is 59.2 Å². The Hall–Kier alpha value is -2.15. The van der Waals surface area contributed by atoms with Crippen molar-refractivity contribution in [3.63, 3.8) is 0 Å². The van der Waals surface area contributed by atoms with E-state index >= 15 is 0 Å². The zero-order valence-electron chi connectivity index (χ0n) is 25.3. The van der Waals surface area contributed by atoms with Crippen molar-refractivity contribution < 1.29 is 9.47 Å². The summed E-state index contributed by atoms with van der Waals surface area (Å²) in [5.74, 6) is 1.60. The lowest BCUT2D eigenvalue weighted by Crippen LogP contribution is -2.44. The maximum absolute atomic E-state index is 6.51. The van der Waals surface area contributed by atoms with Gasteiger partial charge in [-0.2, -0.15) is 0 Å². The van der Waals surface area contributed by atoms with Crippen LogP contribution in [0.5, 0.6) is 11.5 Å². The summed E-state index contributed by atoms with van der Waals surface area (Å²) in [4.78, 5) is 2.28. The molecule has 0 fully saturated rings. The Morgan fingerprint density at radius 3 is 2.32 bits per heavy atom. The van der Waals surface area contributed by atoms with Gasteiger partial charge in [-0.1, -0.05) is 86.6 Å². The second kappa shape index (κ2) is 17.4. The van der Waals surface area contributed by atoms with Gasteiger partial charge in [0.2, 0.25) is 0 Å². The maximum atomic E-state index is 6.51. The molecule has 0 amide bonds. The molecule has 2 atom stereocenters. The summed E-state index contributed by atoms with van der Waals surface area (Å²) in [7, 11) is 3.76. The largest absolute Gasteiger partial charge is 0.493 e. The number of hydrogen-bond donors (Lipinski definition) is 2. The predicted molar refractivity (Wildman–Crippen MR) is 166 cm³/mol. The standard InChI is InChI=1S/C29H47N3O2S.C2H6/c1-11-20(3)17-24(14-13-22(5)29(6,7)8)27(30)31-28(35)34-26-18-21(4)23(19-25(26)33-10)15-16-32(9)12-2;1-2/h13-14,17-20,27H,5,11-12,15-16,30H2,1-4,6-10H3,(H,31,35);1-2H3/b14-13-,24-17+;. The Morgan fingerprint density at radius 1 is 1.19 bits per heavy atom. The van der Waals surface area contributed by atoms with E-state index in [1.807, 2.05) is 38.1 Å². The van der Waals surface area contributed by atoms with E-state index in [2.05, 4.69) is 78.4 Å². The number of nitrogens with zero attached hydrogens (tertiary/aromatic N) is 1. The number of rotatable bonds is 12. The molecule has 0 bridgehead atoms. The van der Waals surface area contributed by atoms with Crippen LogP contribution in [0.15, 0.2) is 48.1 Å². The third kappa shape index (κ3) is 12.8. The van der Waals surface area contributed by atoms with Crippen LogP contribution in [0.1, 0.15) is 72.9 Å². The fraction of sp³-hybridized carbons (Fsp3) is 0.581. The van der Waals surface area contributed by atoms with Gasteiger partial charge in [0.25, 0.3) is 5.17 Å². The summed E-state index contributed by atoms with van der Waals surface area (Å²) in [6.07, 6.45) is 7.66. The molecular weight excluding hydrogens is 478 g/mol. The first-order chi connectivity index (χ1) is 17.3. The number of nitrogens with one attached hydrogen (secondary N) is 1. The monoisotopic (exact) mass is 531 g/mol. The Bertz CT molecular complexity index is 916. The SMILES string of the molecule is C=C(/C=C\C(=C/C(C)CC)C(N)NC(=S)Oc1cc(C)c(CCN(C)CC)cc1OC)C(C)(C)C.CC. The normalized spacial score (nSPS) is 13.6. The van der Waals surface area contributed by atoms with Gasteiger partial charge in [0.15, 0.2) is 11.5 Å². The number of nitrogens with two attached hydrogens (primary N) is 1. The van der Waals surface area contributed by atoms with Crippen LogP contribution in [-0.2, 0) is 6.42 Å². The van der Waals surface area contributed by atoms with E-state index in [-0.39, 0.29) is 10.6 Å². The van der Waals surface area contributed by atoms with Crippen molar-refractivity contribution >= 4 is 17.4 Å². The number of allylic oxidation sites excluding steroid dienone is 3. The van der Waals surface area contributed by atoms with Crippen LogP contribution in [0.25, 0.3) is 0 Å². The lowest BCUT2D eigenvalue weighted by molar-refractivity contribution is 0.356. The van der Waals surface area contributed by atoms with E-state index in [9.17, 15) is 0 Å². The van der Waals surface area contributed by atoms with Crippen molar-refractivity contribution in [1.29, 1.82) is 0 Å². The number of hydrogen-bond acceptors (Lipinski definition) is 5. The van der Waals surface area contributed by atoms with E-state index in [1.54, 1.807) is 7.11 Å².